The smallest absolute Gasteiger partial charge is 0.258 e. The molecule has 1 unspecified atom stereocenters. The number of rotatable bonds is 5. The number of nitrogens with zero attached hydrogens (tertiary/aromatic N) is 2. The van der Waals surface area contributed by atoms with Gasteiger partial charge in [-0.25, -0.2) is 4.39 Å². The van der Waals surface area contributed by atoms with Gasteiger partial charge in [0, 0.05) is 48.2 Å². The van der Waals surface area contributed by atoms with Crippen molar-refractivity contribution in [3.8, 4) is 0 Å². The number of ether oxygens (including phenoxy) is 1. The molecule has 2 aliphatic heterocycles. The maximum absolute atomic E-state index is 13.7. The number of nitrogens with two attached hydrogens (primary N) is 1. The van der Waals surface area contributed by atoms with E-state index in [2.05, 4.69) is 29.7 Å². The quantitative estimate of drug-likeness (QED) is 0.599. The van der Waals surface area contributed by atoms with Crippen LogP contribution in [0.1, 0.15) is 40.4 Å². The van der Waals surface area contributed by atoms with Crippen LogP contribution in [0.3, 0.4) is 0 Å². The number of hydrogen-bond acceptors (Lipinski definition) is 5. The molecule has 2 atom stereocenters. The fourth-order valence-electron chi connectivity index (χ4n) is 5.24. The first-order valence-corrected chi connectivity index (χ1v) is 12.4. The van der Waals surface area contributed by atoms with Crippen molar-refractivity contribution < 1.29 is 13.9 Å². The number of benzene rings is 2. The summed E-state index contributed by atoms with van der Waals surface area (Å²) in [5.41, 5.74) is 7.51. The molecule has 0 aliphatic carbocycles. The summed E-state index contributed by atoms with van der Waals surface area (Å²) in [6, 6.07) is 13.5. The van der Waals surface area contributed by atoms with Gasteiger partial charge in [-0.3, -0.25) is 9.69 Å². The Labute approximate surface area is 197 Å². The maximum atomic E-state index is 13.7. The molecule has 33 heavy (non-hydrogen) atoms. The van der Waals surface area contributed by atoms with Gasteiger partial charge in [0.25, 0.3) is 5.91 Å². The fraction of sp³-hybridized carbons (Fsp3) is 0.423. The number of amides is 1. The number of halogens is 1. The number of thiophene rings is 1. The summed E-state index contributed by atoms with van der Waals surface area (Å²) in [6.45, 7) is 8.81. The molecule has 2 aromatic carbocycles. The van der Waals surface area contributed by atoms with Gasteiger partial charge in [-0.15, -0.1) is 11.3 Å². The van der Waals surface area contributed by atoms with Crippen molar-refractivity contribution in [2.75, 3.05) is 37.7 Å². The number of anilines is 1. The van der Waals surface area contributed by atoms with Crippen molar-refractivity contribution in [2.24, 2.45) is 5.73 Å². The molecule has 1 amide bonds. The van der Waals surface area contributed by atoms with Gasteiger partial charge in [-0.1, -0.05) is 12.1 Å². The molecule has 7 heteroatoms. The van der Waals surface area contributed by atoms with Gasteiger partial charge in [-0.05, 0) is 68.0 Å². The minimum Gasteiger partial charge on any atom is -0.369 e. The summed E-state index contributed by atoms with van der Waals surface area (Å²) in [6.07, 6.45) is 1.70. The number of carbonyl (C=O) groups excluding carboxylic acids is 1. The van der Waals surface area contributed by atoms with Gasteiger partial charge in [0.05, 0.1) is 11.5 Å². The summed E-state index contributed by atoms with van der Waals surface area (Å²) < 4.78 is 19.9. The Hall–Kier alpha value is -2.48. The van der Waals surface area contributed by atoms with Crippen LogP contribution in [0, 0.1) is 5.82 Å². The molecule has 0 spiro atoms. The normalized spacial score (nSPS) is 23.6. The molecule has 174 valence electrons. The highest BCUT2D eigenvalue weighted by molar-refractivity contribution is 7.14. The number of carbonyl (C=O) groups is 1. The lowest BCUT2D eigenvalue weighted by molar-refractivity contribution is -0.0559. The highest BCUT2D eigenvalue weighted by Crippen LogP contribution is 2.41. The molecular weight excluding hydrogens is 437 g/mol. The second kappa shape index (κ2) is 8.70. The van der Waals surface area contributed by atoms with Crippen LogP contribution in [0.15, 0.2) is 42.5 Å². The maximum Gasteiger partial charge on any atom is 0.258 e. The van der Waals surface area contributed by atoms with Gasteiger partial charge in [-0.2, -0.15) is 0 Å². The standard InChI is InChI=1S/C26H30FN3O2S/c1-17-16-30(22-5-3-4-18-14-20(27)6-7-21(18)22)12-11-29(17)10-9-26(2)24-19(8-13-32-26)15-23(33-24)25(28)31/h3-7,14-15,17H,8-13,16H2,1-2H3,(H2,28,31)/t17-,26?/m0/s1. The molecule has 0 bridgehead atoms. The number of fused-ring (bicyclic) bond motifs is 2. The van der Waals surface area contributed by atoms with E-state index in [0.717, 1.165) is 54.7 Å². The molecule has 2 N–H and O–H groups in total. The predicted octanol–water partition coefficient (Wildman–Crippen LogP) is 4.53. The molecule has 1 fully saturated rings. The number of hydrogen-bond donors (Lipinski definition) is 1. The van der Waals surface area contributed by atoms with Crippen molar-refractivity contribution in [3.05, 3.63) is 63.6 Å². The zero-order chi connectivity index (χ0) is 23.2. The zero-order valence-corrected chi connectivity index (χ0v) is 20.0. The van der Waals surface area contributed by atoms with E-state index < -0.39 is 0 Å². The summed E-state index contributed by atoms with van der Waals surface area (Å²) in [7, 11) is 0. The minimum absolute atomic E-state index is 0.201. The Morgan fingerprint density at radius 3 is 2.91 bits per heavy atom. The number of primary amides is 1. The lowest BCUT2D eigenvalue weighted by atomic mass is 9.92. The summed E-state index contributed by atoms with van der Waals surface area (Å²) >= 11 is 1.48. The van der Waals surface area contributed by atoms with Gasteiger partial charge in [0.2, 0.25) is 0 Å². The van der Waals surface area contributed by atoms with E-state index in [1.54, 1.807) is 12.1 Å². The van der Waals surface area contributed by atoms with Crippen molar-refractivity contribution >= 4 is 33.7 Å². The average molecular weight is 468 g/mol. The topological polar surface area (TPSA) is 58.8 Å². The lowest BCUT2D eigenvalue weighted by Gasteiger charge is -2.43. The highest BCUT2D eigenvalue weighted by atomic mass is 32.1. The minimum atomic E-state index is -0.386. The van der Waals surface area contributed by atoms with E-state index in [1.165, 1.54) is 22.6 Å². The monoisotopic (exact) mass is 467 g/mol. The summed E-state index contributed by atoms with van der Waals surface area (Å²) in [5.74, 6) is -0.564. The van der Waals surface area contributed by atoms with Crippen LogP contribution < -0.4 is 10.6 Å². The van der Waals surface area contributed by atoms with Gasteiger partial charge < -0.3 is 15.4 Å². The Balaban J connectivity index is 1.27. The first kappa shape index (κ1) is 22.3. The van der Waals surface area contributed by atoms with E-state index in [-0.39, 0.29) is 17.3 Å². The Morgan fingerprint density at radius 2 is 2.12 bits per heavy atom. The second-order valence-electron chi connectivity index (χ2n) is 9.38. The molecule has 1 aromatic heterocycles. The van der Waals surface area contributed by atoms with Gasteiger partial charge >= 0.3 is 0 Å². The third-order valence-electron chi connectivity index (χ3n) is 7.13. The molecular formula is C26H30FN3O2S. The van der Waals surface area contributed by atoms with E-state index in [9.17, 15) is 9.18 Å². The average Bonchev–Trinajstić information content (AvgIpc) is 3.24. The summed E-state index contributed by atoms with van der Waals surface area (Å²) in [4.78, 5) is 18.4. The molecule has 5 rings (SSSR count). The van der Waals surface area contributed by atoms with Gasteiger partial charge in [0.1, 0.15) is 11.4 Å². The lowest BCUT2D eigenvalue weighted by Crippen LogP contribution is -2.53. The van der Waals surface area contributed by atoms with E-state index >= 15 is 0 Å². The SMILES string of the molecule is C[C@H]1CN(c2cccc3cc(F)ccc23)CCN1CCC1(C)OCCc2cc(C(N)=O)sc21. The molecule has 5 nitrogen and oxygen atoms in total. The Morgan fingerprint density at radius 1 is 1.27 bits per heavy atom. The van der Waals surface area contributed by atoms with E-state index in [0.29, 0.717) is 17.5 Å². The van der Waals surface area contributed by atoms with Crippen LogP contribution in [0.4, 0.5) is 10.1 Å². The van der Waals surface area contributed by atoms with E-state index in [4.69, 9.17) is 10.5 Å². The summed E-state index contributed by atoms with van der Waals surface area (Å²) in [5, 5.41) is 2.03. The molecule has 2 aliphatic rings. The fourth-order valence-corrected chi connectivity index (χ4v) is 6.43. The van der Waals surface area contributed by atoms with Crippen molar-refractivity contribution in [1.29, 1.82) is 0 Å². The van der Waals surface area contributed by atoms with Crippen LogP contribution in [-0.4, -0.2) is 49.6 Å². The first-order chi connectivity index (χ1) is 15.8. The Kier molecular flexibility index (Phi) is 5.89. The molecule has 3 aromatic rings. The van der Waals surface area contributed by atoms with E-state index in [1.807, 2.05) is 24.3 Å². The van der Waals surface area contributed by atoms with Crippen LogP contribution in [-0.2, 0) is 16.8 Å². The van der Waals surface area contributed by atoms with Crippen LogP contribution in [0.25, 0.3) is 10.8 Å². The van der Waals surface area contributed by atoms with Crippen molar-refractivity contribution in [1.82, 2.24) is 4.90 Å². The van der Waals surface area contributed by atoms with Crippen molar-refractivity contribution in [3.63, 3.8) is 0 Å². The zero-order valence-electron chi connectivity index (χ0n) is 19.1. The Bertz CT molecular complexity index is 1200. The third-order valence-corrected chi connectivity index (χ3v) is 8.56. The first-order valence-electron chi connectivity index (χ1n) is 11.6. The molecule has 3 heterocycles. The molecule has 0 saturated carbocycles. The number of piperazine rings is 1. The third kappa shape index (κ3) is 4.25. The van der Waals surface area contributed by atoms with Gasteiger partial charge in [0.15, 0.2) is 0 Å². The molecule has 1 saturated heterocycles. The van der Waals surface area contributed by atoms with Crippen molar-refractivity contribution in [2.45, 2.75) is 38.3 Å². The van der Waals surface area contributed by atoms with Crippen LogP contribution >= 0.6 is 11.3 Å². The largest absolute Gasteiger partial charge is 0.369 e. The highest BCUT2D eigenvalue weighted by Gasteiger charge is 2.37. The van der Waals surface area contributed by atoms with Crippen LogP contribution in [0.5, 0.6) is 0 Å². The molecule has 0 radical (unpaired) electrons. The van der Waals surface area contributed by atoms with Crippen LogP contribution in [0.2, 0.25) is 0 Å². The second-order valence-corrected chi connectivity index (χ2v) is 10.4. The predicted molar refractivity (Wildman–Crippen MR) is 132 cm³/mol.